The number of thiol groups is 1. The zero-order chi connectivity index (χ0) is 13.3. The molecule has 2 aromatic rings. The summed E-state index contributed by atoms with van der Waals surface area (Å²) >= 11 is 10.3. The number of hydrogen-bond acceptors (Lipinski definition) is 2. The average Bonchev–Trinajstić information content (AvgIpc) is 2.73. The van der Waals surface area contributed by atoms with Crippen LogP contribution in [0.15, 0.2) is 30.5 Å². The van der Waals surface area contributed by atoms with Gasteiger partial charge in [-0.25, -0.2) is 0 Å². The topological polar surface area (TPSA) is 17.8 Å². The van der Waals surface area contributed by atoms with E-state index in [2.05, 4.69) is 44.7 Å². The van der Waals surface area contributed by atoms with Crippen molar-refractivity contribution in [2.45, 2.75) is 32.1 Å². The fourth-order valence-corrected chi connectivity index (χ4v) is 2.08. The van der Waals surface area contributed by atoms with Gasteiger partial charge in [0.1, 0.15) is 0 Å². The van der Waals surface area contributed by atoms with Crippen molar-refractivity contribution < 1.29 is 0 Å². The van der Waals surface area contributed by atoms with Crippen molar-refractivity contribution in [3.8, 4) is 11.3 Å². The van der Waals surface area contributed by atoms with Crippen LogP contribution in [0, 0.1) is 0 Å². The Kier molecular flexibility index (Phi) is 3.74. The summed E-state index contributed by atoms with van der Waals surface area (Å²) in [4.78, 5) is 0. The molecule has 0 spiro atoms. The van der Waals surface area contributed by atoms with Gasteiger partial charge >= 0.3 is 0 Å². The van der Waals surface area contributed by atoms with Crippen molar-refractivity contribution in [3.63, 3.8) is 0 Å². The molecule has 4 heteroatoms. The summed E-state index contributed by atoms with van der Waals surface area (Å²) in [7, 11) is 0. The molecule has 0 aliphatic heterocycles. The largest absolute Gasteiger partial charge is 0.267 e. The molecule has 0 N–H and O–H groups in total. The Hall–Kier alpha value is -0.930. The van der Waals surface area contributed by atoms with Crippen LogP contribution < -0.4 is 0 Å². The quantitative estimate of drug-likeness (QED) is 0.808. The number of benzene rings is 1. The highest BCUT2D eigenvalue weighted by Crippen LogP contribution is 2.27. The van der Waals surface area contributed by atoms with Gasteiger partial charge in [-0.05, 0) is 32.9 Å². The predicted octanol–water partition coefficient (Wildman–Crippen LogP) is 4.39. The maximum Gasteiger partial charge on any atom is 0.0963 e. The van der Waals surface area contributed by atoms with Crippen LogP contribution in [0.3, 0.4) is 0 Å². The summed E-state index contributed by atoms with van der Waals surface area (Å²) < 4.78 is 1.99. The van der Waals surface area contributed by atoms with Gasteiger partial charge < -0.3 is 0 Å². The summed E-state index contributed by atoms with van der Waals surface area (Å²) in [5, 5.41) is 5.41. The minimum absolute atomic E-state index is 0.0254. The monoisotopic (exact) mass is 280 g/mol. The first-order chi connectivity index (χ1) is 8.41. The van der Waals surface area contributed by atoms with Crippen LogP contribution >= 0.6 is 24.2 Å². The van der Waals surface area contributed by atoms with Crippen molar-refractivity contribution in [1.82, 2.24) is 9.78 Å². The lowest BCUT2D eigenvalue weighted by atomic mass is 10.1. The molecule has 1 heterocycles. The number of hydrogen-bond donors (Lipinski definition) is 1. The van der Waals surface area contributed by atoms with Gasteiger partial charge in [-0.2, -0.15) is 17.7 Å². The van der Waals surface area contributed by atoms with Crippen LogP contribution in [0.4, 0.5) is 0 Å². The zero-order valence-corrected chi connectivity index (χ0v) is 12.5. The molecule has 1 aromatic carbocycles. The van der Waals surface area contributed by atoms with Crippen molar-refractivity contribution in [3.05, 3.63) is 41.0 Å². The molecule has 0 fully saturated rings. The first-order valence-electron chi connectivity index (χ1n) is 5.87. The van der Waals surface area contributed by atoms with E-state index in [0.29, 0.717) is 5.75 Å². The predicted molar refractivity (Wildman–Crippen MR) is 80.4 cm³/mol. The van der Waals surface area contributed by atoms with E-state index in [4.69, 9.17) is 11.6 Å². The summed E-state index contributed by atoms with van der Waals surface area (Å²) in [5.41, 5.74) is 3.17. The molecule has 2 rings (SSSR count). The highest BCUT2D eigenvalue weighted by Gasteiger charge is 2.18. The lowest BCUT2D eigenvalue weighted by molar-refractivity contribution is 0.356. The molecule has 0 unspecified atom stereocenters. The van der Waals surface area contributed by atoms with E-state index in [1.54, 1.807) is 0 Å². The fourth-order valence-electron chi connectivity index (χ4n) is 1.72. The second kappa shape index (κ2) is 4.98. The minimum Gasteiger partial charge on any atom is -0.267 e. The molecule has 0 aliphatic carbocycles. The van der Waals surface area contributed by atoms with E-state index >= 15 is 0 Å². The van der Waals surface area contributed by atoms with Gasteiger partial charge in [0.15, 0.2) is 0 Å². The third-order valence-electron chi connectivity index (χ3n) is 2.77. The van der Waals surface area contributed by atoms with Gasteiger partial charge in [0.05, 0.1) is 11.2 Å². The van der Waals surface area contributed by atoms with E-state index in [1.807, 2.05) is 28.9 Å². The molecule has 18 heavy (non-hydrogen) atoms. The first-order valence-corrected chi connectivity index (χ1v) is 6.88. The van der Waals surface area contributed by atoms with Crippen LogP contribution in [0.5, 0.6) is 0 Å². The third-order valence-corrected chi connectivity index (χ3v) is 3.36. The smallest absolute Gasteiger partial charge is 0.0963 e. The minimum atomic E-state index is -0.0254. The van der Waals surface area contributed by atoms with Gasteiger partial charge in [-0.3, -0.25) is 4.68 Å². The zero-order valence-electron chi connectivity index (χ0n) is 10.8. The lowest BCUT2D eigenvalue weighted by Crippen LogP contribution is -2.22. The summed E-state index contributed by atoms with van der Waals surface area (Å²) in [6, 6.07) is 7.75. The van der Waals surface area contributed by atoms with Crippen molar-refractivity contribution in [2.24, 2.45) is 0 Å². The van der Waals surface area contributed by atoms with Crippen molar-refractivity contribution in [2.75, 3.05) is 0 Å². The fraction of sp³-hybridized carbons (Fsp3) is 0.357. The molecule has 0 saturated heterocycles. The molecule has 0 atom stereocenters. The normalized spacial score (nSPS) is 11.8. The van der Waals surface area contributed by atoms with E-state index < -0.39 is 0 Å². The van der Waals surface area contributed by atoms with Gasteiger partial charge in [-0.15, -0.1) is 0 Å². The standard InChI is InChI=1S/C14H17ClN2S/c1-14(2,3)17-8-11(9-18)13(16-17)10-4-6-12(15)7-5-10/h4-8,18H,9H2,1-3H3. The third kappa shape index (κ3) is 2.73. The number of halogens is 1. The number of aromatic nitrogens is 2. The summed E-state index contributed by atoms with van der Waals surface area (Å²) in [5.74, 6) is 0.675. The molecule has 0 aliphatic rings. The Morgan fingerprint density at radius 2 is 1.83 bits per heavy atom. The second-order valence-electron chi connectivity index (χ2n) is 5.28. The molecular weight excluding hydrogens is 264 g/mol. The Morgan fingerprint density at radius 3 is 2.33 bits per heavy atom. The van der Waals surface area contributed by atoms with Gasteiger partial charge in [0, 0.05) is 28.1 Å². The highest BCUT2D eigenvalue weighted by molar-refractivity contribution is 7.79. The Balaban J connectivity index is 2.50. The van der Waals surface area contributed by atoms with E-state index in [9.17, 15) is 0 Å². The van der Waals surface area contributed by atoms with Crippen molar-refractivity contribution >= 4 is 24.2 Å². The summed E-state index contributed by atoms with van der Waals surface area (Å²) in [6.45, 7) is 6.40. The molecule has 0 radical (unpaired) electrons. The Morgan fingerprint density at radius 1 is 1.22 bits per heavy atom. The SMILES string of the molecule is CC(C)(C)n1cc(CS)c(-c2ccc(Cl)cc2)n1. The highest BCUT2D eigenvalue weighted by atomic mass is 35.5. The molecule has 0 saturated carbocycles. The maximum absolute atomic E-state index is 5.91. The van der Waals surface area contributed by atoms with Crippen LogP contribution in [-0.4, -0.2) is 9.78 Å². The average molecular weight is 281 g/mol. The van der Waals surface area contributed by atoms with Gasteiger partial charge in [0.2, 0.25) is 0 Å². The molecule has 96 valence electrons. The van der Waals surface area contributed by atoms with Crippen LogP contribution in [0.25, 0.3) is 11.3 Å². The molecular formula is C14H17ClN2S. The number of nitrogens with zero attached hydrogens (tertiary/aromatic N) is 2. The van der Waals surface area contributed by atoms with Crippen molar-refractivity contribution in [1.29, 1.82) is 0 Å². The first kappa shape index (κ1) is 13.5. The van der Waals surface area contributed by atoms with Gasteiger partial charge in [-0.1, -0.05) is 23.7 Å². The molecule has 0 bridgehead atoms. The van der Waals surface area contributed by atoms with E-state index in [1.165, 1.54) is 0 Å². The molecule has 0 amide bonds. The Bertz CT molecular complexity index is 538. The lowest BCUT2D eigenvalue weighted by Gasteiger charge is -2.18. The Labute approximate surface area is 118 Å². The molecule has 2 nitrogen and oxygen atoms in total. The number of rotatable bonds is 2. The van der Waals surface area contributed by atoms with Gasteiger partial charge in [0.25, 0.3) is 0 Å². The molecule has 1 aromatic heterocycles. The van der Waals surface area contributed by atoms with Crippen LogP contribution in [0.1, 0.15) is 26.3 Å². The van der Waals surface area contributed by atoms with Crippen LogP contribution in [-0.2, 0) is 11.3 Å². The van der Waals surface area contributed by atoms with E-state index in [0.717, 1.165) is 21.8 Å². The maximum atomic E-state index is 5.91. The van der Waals surface area contributed by atoms with E-state index in [-0.39, 0.29) is 5.54 Å². The summed E-state index contributed by atoms with van der Waals surface area (Å²) in [6.07, 6.45) is 2.07. The second-order valence-corrected chi connectivity index (χ2v) is 6.04. The van der Waals surface area contributed by atoms with Crippen LogP contribution in [0.2, 0.25) is 5.02 Å².